The number of hydrogen-bond donors (Lipinski definition) is 0. The van der Waals surface area contributed by atoms with E-state index in [9.17, 15) is 10.5 Å². The molecule has 56 heavy (non-hydrogen) atoms. The summed E-state index contributed by atoms with van der Waals surface area (Å²) < 4.78 is 23.0. The molecule has 0 atom stereocenters. The molecule has 8 nitrogen and oxygen atoms in total. The van der Waals surface area contributed by atoms with Crippen LogP contribution in [0.15, 0.2) is 84.9 Å². The zero-order valence-corrected chi connectivity index (χ0v) is 33.1. The van der Waals surface area contributed by atoms with Crippen LogP contribution in [0, 0.1) is 22.7 Å². The smallest absolute Gasteiger partial charge is 0.126 e. The van der Waals surface area contributed by atoms with Crippen molar-refractivity contribution in [2.45, 2.75) is 0 Å². The van der Waals surface area contributed by atoms with Gasteiger partial charge in [0, 0.05) is 61.8 Å². The van der Waals surface area contributed by atoms with Gasteiger partial charge in [0.05, 0.1) is 51.7 Å². The Balaban J connectivity index is 1.41. The third kappa shape index (κ3) is 9.68. The number of benzene rings is 5. The van der Waals surface area contributed by atoms with Gasteiger partial charge in [0.1, 0.15) is 23.0 Å². The number of hydrogen-bond acceptors (Lipinski definition) is 8. The summed E-state index contributed by atoms with van der Waals surface area (Å²) in [6, 6.07) is 32.2. The van der Waals surface area contributed by atoms with E-state index >= 15 is 0 Å². The van der Waals surface area contributed by atoms with Crippen LogP contribution in [0.25, 0.3) is 48.6 Å². The molecule has 0 N–H and O–H groups in total. The quantitative estimate of drug-likeness (QED) is 0.104. The van der Waals surface area contributed by atoms with E-state index in [-0.39, 0.29) is 0 Å². The van der Waals surface area contributed by atoms with Crippen molar-refractivity contribution in [2.24, 2.45) is 0 Å². The molecule has 0 bridgehead atoms. The van der Waals surface area contributed by atoms with Crippen molar-refractivity contribution >= 4 is 60.0 Å². The minimum absolute atomic E-state index is 0.411. The van der Waals surface area contributed by atoms with E-state index in [0.717, 1.165) is 44.8 Å². The zero-order valence-electron chi connectivity index (χ0n) is 33.1. The maximum Gasteiger partial charge on any atom is 0.126 e. The lowest BCUT2D eigenvalue weighted by Gasteiger charge is -2.13. The molecular formula is C48H46N4O4. The van der Waals surface area contributed by atoms with Crippen LogP contribution in [0.5, 0.6) is 23.0 Å². The Kier molecular flexibility index (Phi) is 13.4. The molecule has 8 heteroatoms. The number of rotatable bonds is 14. The van der Waals surface area contributed by atoms with Gasteiger partial charge in [-0.3, -0.25) is 0 Å². The first-order chi connectivity index (χ1) is 27.1. The van der Waals surface area contributed by atoms with Crippen LogP contribution < -0.4 is 28.7 Å². The van der Waals surface area contributed by atoms with Crippen LogP contribution in [0.3, 0.4) is 0 Å². The topological polar surface area (TPSA) is 91.0 Å². The Labute approximate surface area is 330 Å². The highest BCUT2D eigenvalue weighted by Gasteiger charge is 2.12. The Morgan fingerprint density at radius 1 is 0.393 bits per heavy atom. The molecule has 0 fully saturated rings. The molecule has 0 radical (unpaired) electrons. The van der Waals surface area contributed by atoms with E-state index in [1.807, 2.05) is 101 Å². The van der Waals surface area contributed by atoms with Crippen LogP contribution in [0.2, 0.25) is 0 Å². The maximum absolute atomic E-state index is 10.2. The average Bonchev–Trinajstić information content (AvgIpc) is 3.23. The second kappa shape index (κ2) is 18.7. The first-order valence-corrected chi connectivity index (χ1v) is 17.9. The fourth-order valence-corrected chi connectivity index (χ4v) is 6.01. The van der Waals surface area contributed by atoms with E-state index < -0.39 is 0 Å². The molecule has 282 valence electrons. The highest BCUT2D eigenvalue weighted by atomic mass is 16.5. The predicted molar refractivity (Wildman–Crippen MR) is 232 cm³/mol. The van der Waals surface area contributed by atoms with Gasteiger partial charge in [-0.05, 0) is 82.9 Å². The van der Waals surface area contributed by atoms with Crippen molar-refractivity contribution in [1.29, 1.82) is 10.5 Å². The second-order valence-electron chi connectivity index (χ2n) is 13.2. The number of methoxy groups -OCH3 is 4. The van der Waals surface area contributed by atoms with Crippen molar-refractivity contribution in [3.63, 3.8) is 0 Å². The minimum Gasteiger partial charge on any atom is -0.496 e. The fourth-order valence-electron chi connectivity index (χ4n) is 6.01. The first-order valence-electron chi connectivity index (χ1n) is 17.9. The molecule has 0 amide bonds. The van der Waals surface area contributed by atoms with E-state index in [0.29, 0.717) is 45.3 Å². The van der Waals surface area contributed by atoms with Crippen molar-refractivity contribution in [1.82, 2.24) is 0 Å². The summed E-state index contributed by atoms with van der Waals surface area (Å²) in [5, 5.41) is 20.3. The summed E-state index contributed by atoms with van der Waals surface area (Å²) in [5.41, 5.74) is 9.59. The molecule has 5 aromatic rings. The molecule has 0 unspecified atom stereocenters. The van der Waals surface area contributed by atoms with Crippen LogP contribution >= 0.6 is 0 Å². The van der Waals surface area contributed by atoms with Gasteiger partial charge in [-0.1, -0.05) is 72.9 Å². The van der Waals surface area contributed by atoms with E-state index in [2.05, 4.69) is 70.5 Å². The summed E-state index contributed by atoms with van der Waals surface area (Å²) in [6.07, 6.45) is 15.4. The Morgan fingerprint density at radius 3 is 0.911 bits per heavy atom. The van der Waals surface area contributed by atoms with Gasteiger partial charge in [-0.2, -0.15) is 10.5 Å². The van der Waals surface area contributed by atoms with Crippen LogP contribution in [-0.4, -0.2) is 56.6 Å². The number of ether oxygens (including phenoxy) is 4. The first kappa shape index (κ1) is 40.0. The van der Waals surface area contributed by atoms with Gasteiger partial charge in [0.15, 0.2) is 0 Å². The van der Waals surface area contributed by atoms with Gasteiger partial charge in [0.25, 0.3) is 0 Å². The van der Waals surface area contributed by atoms with Gasteiger partial charge in [-0.25, -0.2) is 0 Å². The monoisotopic (exact) mass is 742 g/mol. The third-order valence-electron chi connectivity index (χ3n) is 9.24. The van der Waals surface area contributed by atoms with Crippen LogP contribution in [-0.2, 0) is 0 Å². The number of anilines is 2. The molecule has 0 saturated heterocycles. The lowest BCUT2D eigenvalue weighted by molar-refractivity contribution is 0.401. The van der Waals surface area contributed by atoms with Crippen molar-refractivity contribution in [3.05, 3.63) is 141 Å². The normalized spacial score (nSPS) is 11.2. The SMILES string of the molecule is COc1cc(/C=C/c2cc(C#N)c(/C=C/c3cc(OC)c(/C=C/c4ccc(N(C)C)cc4)cc3OC)cc2C#N)c(OC)cc1/C=C/c1ccc(N(C)C)cc1. The lowest BCUT2D eigenvalue weighted by Crippen LogP contribution is -2.07. The van der Waals surface area contributed by atoms with Crippen molar-refractivity contribution in [3.8, 4) is 35.1 Å². The van der Waals surface area contributed by atoms with E-state index in [1.165, 1.54) is 0 Å². The highest BCUT2D eigenvalue weighted by Crippen LogP contribution is 2.34. The Morgan fingerprint density at radius 2 is 0.661 bits per heavy atom. The zero-order chi connectivity index (χ0) is 40.2. The van der Waals surface area contributed by atoms with E-state index in [4.69, 9.17) is 18.9 Å². The Bertz CT molecular complexity index is 2200. The predicted octanol–water partition coefficient (Wildman–Crippen LogP) is 10.3. The van der Waals surface area contributed by atoms with Gasteiger partial charge < -0.3 is 28.7 Å². The third-order valence-corrected chi connectivity index (χ3v) is 9.24. The summed E-state index contributed by atoms with van der Waals surface area (Å²) >= 11 is 0. The van der Waals surface area contributed by atoms with Crippen molar-refractivity contribution < 1.29 is 18.9 Å². The van der Waals surface area contributed by atoms with Gasteiger partial charge >= 0.3 is 0 Å². The van der Waals surface area contributed by atoms with Crippen LogP contribution in [0.4, 0.5) is 11.4 Å². The van der Waals surface area contributed by atoms with Crippen molar-refractivity contribution in [2.75, 3.05) is 66.4 Å². The minimum atomic E-state index is 0.411. The Hall–Kier alpha value is -7.16. The summed E-state index contributed by atoms with van der Waals surface area (Å²) in [5.74, 6) is 2.59. The molecule has 0 spiro atoms. The standard InChI is InChI=1S/C48H46N4O4/c1-51(2)43-21-11-33(12-22-43)9-15-37-27-47(55-7)39(29-45(37)53-5)19-17-35-25-42(32-50)36(26-41(35)31-49)18-20-40-30-46(54-6)38(28-48(40)56-8)16-10-34-13-23-44(24-14-34)52(3)4/h9-30H,1-8H3/b15-9+,16-10+,19-17+,20-18+. The molecule has 0 aliphatic heterocycles. The molecule has 0 aliphatic rings. The lowest BCUT2D eigenvalue weighted by atomic mass is 9.97. The second-order valence-corrected chi connectivity index (χ2v) is 13.2. The molecule has 5 aromatic carbocycles. The van der Waals surface area contributed by atoms with Crippen LogP contribution in [0.1, 0.15) is 55.6 Å². The number of nitriles is 2. The molecular weight excluding hydrogens is 697 g/mol. The molecule has 0 heterocycles. The number of nitrogens with zero attached hydrogens (tertiary/aromatic N) is 4. The summed E-state index contributed by atoms with van der Waals surface area (Å²) in [6.45, 7) is 0. The molecule has 5 rings (SSSR count). The summed E-state index contributed by atoms with van der Waals surface area (Å²) in [7, 11) is 14.5. The maximum atomic E-state index is 10.2. The molecule has 0 aromatic heterocycles. The summed E-state index contributed by atoms with van der Waals surface area (Å²) in [4.78, 5) is 4.12. The molecule has 0 saturated carbocycles. The van der Waals surface area contributed by atoms with Gasteiger partial charge in [-0.15, -0.1) is 0 Å². The largest absolute Gasteiger partial charge is 0.496 e. The van der Waals surface area contributed by atoms with E-state index in [1.54, 1.807) is 40.6 Å². The fraction of sp³-hybridized carbons (Fsp3) is 0.167. The average molecular weight is 743 g/mol. The van der Waals surface area contributed by atoms with Gasteiger partial charge in [0.2, 0.25) is 0 Å². The molecule has 0 aliphatic carbocycles. The highest BCUT2D eigenvalue weighted by molar-refractivity contribution is 5.83.